The molecule has 0 saturated heterocycles. The molecule has 0 atom stereocenters. The minimum absolute atomic E-state index is 0.214. The van der Waals surface area contributed by atoms with Gasteiger partial charge in [-0.05, 0) is 32.0 Å². The number of carbonyl (C=O) groups excluding carboxylic acids is 1. The Balaban J connectivity index is 2.28. The molecule has 0 aliphatic rings. The van der Waals surface area contributed by atoms with Crippen LogP contribution >= 0.6 is 23.2 Å². The van der Waals surface area contributed by atoms with Crippen molar-refractivity contribution in [1.29, 1.82) is 0 Å². The van der Waals surface area contributed by atoms with E-state index in [1.54, 1.807) is 18.2 Å². The second-order valence-electron chi connectivity index (χ2n) is 4.03. The number of carbonyl (C=O) groups is 1. The summed E-state index contributed by atoms with van der Waals surface area (Å²) in [5.74, 6) is -0.143. The van der Waals surface area contributed by atoms with E-state index in [4.69, 9.17) is 23.2 Å². The molecule has 0 saturated carbocycles. The first kappa shape index (κ1) is 13.8. The average molecular weight is 296 g/mol. The van der Waals surface area contributed by atoms with E-state index < -0.39 is 5.91 Å². The highest BCUT2D eigenvalue weighted by atomic mass is 35.5. The molecule has 1 heterocycles. The van der Waals surface area contributed by atoms with E-state index in [2.05, 4.69) is 15.3 Å². The lowest BCUT2D eigenvalue weighted by molar-refractivity contribution is 0.102. The van der Waals surface area contributed by atoms with Gasteiger partial charge in [-0.25, -0.2) is 9.97 Å². The SMILES string of the molecule is Cc1cc(C)nc(NC(=O)c2cccc(Cl)c2Cl)n1. The van der Waals surface area contributed by atoms with E-state index >= 15 is 0 Å². The number of aryl methyl sites for hydroxylation is 2. The minimum atomic E-state index is -0.391. The molecule has 0 spiro atoms. The van der Waals surface area contributed by atoms with Gasteiger partial charge in [-0.15, -0.1) is 0 Å². The molecule has 0 unspecified atom stereocenters. The van der Waals surface area contributed by atoms with Crippen molar-refractivity contribution < 1.29 is 4.79 Å². The van der Waals surface area contributed by atoms with Crippen LogP contribution in [0.2, 0.25) is 10.0 Å². The average Bonchev–Trinajstić information content (AvgIpc) is 2.31. The van der Waals surface area contributed by atoms with Crippen LogP contribution in [0.1, 0.15) is 21.7 Å². The molecular weight excluding hydrogens is 285 g/mol. The van der Waals surface area contributed by atoms with E-state index in [9.17, 15) is 4.79 Å². The quantitative estimate of drug-likeness (QED) is 0.920. The molecule has 0 aliphatic heterocycles. The maximum absolute atomic E-state index is 12.1. The third-order valence-corrected chi connectivity index (χ3v) is 3.22. The van der Waals surface area contributed by atoms with Crippen molar-refractivity contribution in [3.05, 3.63) is 51.3 Å². The molecule has 1 amide bonds. The van der Waals surface area contributed by atoms with Crippen LogP contribution in [0.15, 0.2) is 24.3 Å². The topological polar surface area (TPSA) is 54.9 Å². The smallest absolute Gasteiger partial charge is 0.259 e. The summed E-state index contributed by atoms with van der Waals surface area (Å²) < 4.78 is 0. The number of hydrogen-bond donors (Lipinski definition) is 1. The summed E-state index contributed by atoms with van der Waals surface area (Å²) in [6, 6.07) is 6.69. The van der Waals surface area contributed by atoms with E-state index in [0.717, 1.165) is 11.4 Å². The summed E-state index contributed by atoms with van der Waals surface area (Å²) >= 11 is 11.9. The van der Waals surface area contributed by atoms with Gasteiger partial charge in [0.15, 0.2) is 0 Å². The molecule has 1 N–H and O–H groups in total. The van der Waals surface area contributed by atoms with Crippen LogP contribution in [0, 0.1) is 13.8 Å². The standard InChI is InChI=1S/C13H11Cl2N3O/c1-7-6-8(2)17-13(16-7)18-12(19)9-4-3-5-10(14)11(9)15/h3-6H,1-2H3,(H,16,17,18,19). The van der Waals surface area contributed by atoms with Crippen molar-refractivity contribution in [1.82, 2.24) is 9.97 Å². The molecule has 0 aliphatic carbocycles. The van der Waals surface area contributed by atoms with Gasteiger partial charge in [0.05, 0.1) is 15.6 Å². The van der Waals surface area contributed by atoms with Gasteiger partial charge in [-0.3, -0.25) is 10.1 Å². The highest BCUT2D eigenvalue weighted by Crippen LogP contribution is 2.25. The Morgan fingerprint density at radius 3 is 2.42 bits per heavy atom. The predicted octanol–water partition coefficient (Wildman–Crippen LogP) is 3.65. The van der Waals surface area contributed by atoms with Gasteiger partial charge in [0.25, 0.3) is 5.91 Å². The van der Waals surface area contributed by atoms with Crippen molar-refractivity contribution in [2.24, 2.45) is 0 Å². The van der Waals surface area contributed by atoms with Gasteiger partial charge in [-0.1, -0.05) is 29.3 Å². The van der Waals surface area contributed by atoms with Crippen LogP contribution in [0.4, 0.5) is 5.95 Å². The maximum atomic E-state index is 12.1. The third kappa shape index (κ3) is 3.22. The van der Waals surface area contributed by atoms with Gasteiger partial charge >= 0.3 is 0 Å². The third-order valence-electron chi connectivity index (χ3n) is 2.40. The molecule has 1 aromatic carbocycles. The number of rotatable bonds is 2. The zero-order valence-electron chi connectivity index (χ0n) is 10.4. The number of nitrogens with zero attached hydrogens (tertiary/aromatic N) is 2. The fourth-order valence-corrected chi connectivity index (χ4v) is 2.02. The van der Waals surface area contributed by atoms with Crippen LogP contribution < -0.4 is 5.32 Å². The van der Waals surface area contributed by atoms with Crippen LogP contribution in [-0.2, 0) is 0 Å². The van der Waals surface area contributed by atoms with Gasteiger partial charge in [0.2, 0.25) is 5.95 Å². The fourth-order valence-electron chi connectivity index (χ4n) is 1.63. The van der Waals surface area contributed by atoms with Crippen LogP contribution in [0.3, 0.4) is 0 Å². The zero-order chi connectivity index (χ0) is 14.0. The Labute approximate surface area is 120 Å². The molecule has 0 bridgehead atoms. The second kappa shape index (κ2) is 5.55. The molecule has 0 fully saturated rings. The second-order valence-corrected chi connectivity index (χ2v) is 4.81. The summed E-state index contributed by atoms with van der Waals surface area (Å²) in [5, 5.41) is 3.15. The number of benzene rings is 1. The monoisotopic (exact) mass is 295 g/mol. The highest BCUT2D eigenvalue weighted by Gasteiger charge is 2.14. The summed E-state index contributed by atoms with van der Waals surface area (Å²) in [6.07, 6.45) is 0. The van der Waals surface area contributed by atoms with Crippen molar-refractivity contribution in [3.63, 3.8) is 0 Å². The molecule has 4 nitrogen and oxygen atoms in total. The normalized spacial score (nSPS) is 10.3. The number of hydrogen-bond acceptors (Lipinski definition) is 3. The highest BCUT2D eigenvalue weighted by molar-refractivity contribution is 6.44. The van der Waals surface area contributed by atoms with Gasteiger partial charge in [0, 0.05) is 11.4 Å². The van der Waals surface area contributed by atoms with E-state index in [0.29, 0.717) is 5.02 Å². The molecule has 0 radical (unpaired) electrons. The van der Waals surface area contributed by atoms with Crippen LogP contribution in [-0.4, -0.2) is 15.9 Å². The molecule has 2 rings (SSSR count). The number of nitrogens with one attached hydrogen (secondary N) is 1. The molecule has 6 heteroatoms. The Bertz CT molecular complexity index is 624. The molecule has 2 aromatic rings. The Morgan fingerprint density at radius 2 is 1.79 bits per heavy atom. The Hall–Kier alpha value is -1.65. The van der Waals surface area contributed by atoms with Crippen molar-refractivity contribution in [3.8, 4) is 0 Å². The van der Waals surface area contributed by atoms with Gasteiger partial charge < -0.3 is 0 Å². The predicted molar refractivity (Wildman–Crippen MR) is 75.9 cm³/mol. The first-order chi connectivity index (χ1) is 8.97. The van der Waals surface area contributed by atoms with Crippen molar-refractivity contribution in [2.75, 3.05) is 5.32 Å². The first-order valence-corrected chi connectivity index (χ1v) is 6.30. The number of anilines is 1. The summed E-state index contributed by atoms with van der Waals surface area (Å²) in [4.78, 5) is 20.3. The van der Waals surface area contributed by atoms with Crippen molar-refractivity contribution in [2.45, 2.75) is 13.8 Å². The van der Waals surface area contributed by atoms with Crippen LogP contribution in [0.25, 0.3) is 0 Å². The van der Waals surface area contributed by atoms with Crippen LogP contribution in [0.5, 0.6) is 0 Å². The minimum Gasteiger partial charge on any atom is -0.290 e. The Morgan fingerprint density at radius 1 is 1.16 bits per heavy atom. The summed E-state index contributed by atoms with van der Waals surface area (Å²) in [6.45, 7) is 3.66. The van der Waals surface area contributed by atoms with Gasteiger partial charge in [-0.2, -0.15) is 0 Å². The van der Waals surface area contributed by atoms with E-state index in [1.807, 2.05) is 19.9 Å². The summed E-state index contributed by atoms with van der Waals surface area (Å²) in [7, 11) is 0. The number of halogens is 2. The van der Waals surface area contributed by atoms with Gasteiger partial charge in [0.1, 0.15) is 0 Å². The van der Waals surface area contributed by atoms with Crippen molar-refractivity contribution >= 4 is 35.1 Å². The number of amides is 1. The lowest BCUT2D eigenvalue weighted by Gasteiger charge is -2.07. The largest absolute Gasteiger partial charge is 0.290 e. The van der Waals surface area contributed by atoms with E-state index in [-0.39, 0.29) is 16.5 Å². The lowest BCUT2D eigenvalue weighted by atomic mass is 10.2. The molecular formula is C13H11Cl2N3O. The first-order valence-electron chi connectivity index (χ1n) is 5.55. The molecule has 19 heavy (non-hydrogen) atoms. The maximum Gasteiger partial charge on any atom is 0.259 e. The molecule has 1 aromatic heterocycles. The summed E-state index contributed by atoms with van der Waals surface area (Å²) in [5.41, 5.74) is 1.84. The zero-order valence-corrected chi connectivity index (χ0v) is 11.9. The molecule has 98 valence electrons. The van der Waals surface area contributed by atoms with E-state index in [1.165, 1.54) is 0 Å². The Kier molecular flexibility index (Phi) is 4.02. The lowest BCUT2D eigenvalue weighted by Crippen LogP contribution is -2.15. The number of aromatic nitrogens is 2. The fraction of sp³-hybridized carbons (Fsp3) is 0.154.